The first-order valence-corrected chi connectivity index (χ1v) is 3.41. The van der Waals surface area contributed by atoms with Crippen LogP contribution in [0.5, 0.6) is 0 Å². The Bertz CT molecular complexity index is 486. The van der Waals surface area contributed by atoms with Crippen molar-refractivity contribution in [2.24, 2.45) is 0 Å². The largest absolute Gasteiger partial charge is 0.368 e. The monoisotopic (exact) mass is 185 g/mol. The van der Waals surface area contributed by atoms with Gasteiger partial charge in [-0.2, -0.15) is 4.98 Å². The number of hydrogen-bond acceptors (Lipinski definition) is 4. The normalized spacial score (nSPS) is 10.8. The molecule has 3 N–H and O–H groups in total. The molecule has 0 atom stereocenters. The average Bonchev–Trinajstić information content (AvgIpc) is 2.48. The Morgan fingerprint density at radius 3 is 3.17 bits per heavy atom. The van der Waals surface area contributed by atoms with E-state index in [1.165, 1.54) is 6.33 Å². The minimum Gasteiger partial charge on any atom is -0.368 e. The molecule has 12 heavy (non-hydrogen) atoms. The quantitative estimate of drug-likeness (QED) is 0.590. The summed E-state index contributed by atoms with van der Waals surface area (Å²) in [7, 11) is 0. The molecule has 62 valence electrons. The smallest absolute Gasteiger partial charge is 0.300 e. The molecule has 2 aromatic rings. The predicted octanol–water partition coefficient (Wildman–Crippen LogP) is -0.296. The Balaban J connectivity index is 3.07. The van der Waals surface area contributed by atoms with Crippen molar-refractivity contribution in [3.05, 3.63) is 16.7 Å². The summed E-state index contributed by atoms with van der Waals surface area (Å²) in [5.74, 6) is -0.0683. The van der Waals surface area contributed by atoms with Crippen molar-refractivity contribution >= 4 is 28.9 Å². The molecule has 0 saturated heterocycles. The van der Waals surface area contributed by atoms with Gasteiger partial charge in [-0.25, -0.2) is 9.07 Å². The van der Waals surface area contributed by atoms with Crippen molar-refractivity contribution in [1.29, 1.82) is 0 Å². The van der Waals surface area contributed by atoms with E-state index in [2.05, 4.69) is 15.0 Å². The second-order valence-corrected chi connectivity index (χ2v) is 2.50. The third-order valence-electron chi connectivity index (χ3n) is 1.44. The molecule has 0 aromatic carbocycles. The highest BCUT2D eigenvalue weighted by Crippen LogP contribution is 2.08. The van der Waals surface area contributed by atoms with Gasteiger partial charge in [0.2, 0.25) is 5.95 Å². The summed E-state index contributed by atoms with van der Waals surface area (Å²) < 4.78 is 1.02. The van der Waals surface area contributed by atoms with Crippen LogP contribution >= 0.6 is 11.8 Å². The van der Waals surface area contributed by atoms with Crippen LogP contribution in [0.25, 0.3) is 11.2 Å². The molecule has 2 aromatic heterocycles. The fourth-order valence-electron chi connectivity index (χ4n) is 0.906. The van der Waals surface area contributed by atoms with E-state index in [0.29, 0.717) is 0 Å². The van der Waals surface area contributed by atoms with Gasteiger partial charge in [0, 0.05) is 11.8 Å². The molecule has 6 nitrogen and oxygen atoms in total. The van der Waals surface area contributed by atoms with Crippen LogP contribution in [0, 0.1) is 0 Å². The number of fused-ring (bicyclic) bond motifs is 1. The molecule has 0 amide bonds. The fourth-order valence-corrected chi connectivity index (χ4v) is 1.07. The van der Waals surface area contributed by atoms with Crippen LogP contribution in [-0.2, 0) is 0 Å². The minimum atomic E-state index is -0.461. The zero-order valence-corrected chi connectivity index (χ0v) is 6.54. The molecule has 0 saturated carbocycles. The Morgan fingerprint density at radius 2 is 2.42 bits per heavy atom. The maximum atomic E-state index is 11.1. The van der Waals surface area contributed by atoms with Gasteiger partial charge >= 0.3 is 5.56 Å². The van der Waals surface area contributed by atoms with Crippen LogP contribution < -0.4 is 11.3 Å². The number of nitrogens with zero attached hydrogens (tertiary/aromatic N) is 3. The van der Waals surface area contributed by atoms with Crippen LogP contribution in [0.4, 0.5) is 5.95 Å². The molecule has 0 aliphatic rings. The van der Waals surface area contributed by atoms with Gasteiger partial charge in [0.15, 0.2) is 11.2 Å². The van der Waals surface area contributed by atoms with Crippen molar-refractivity contribution < 1.29 is 0 Å². The fraction of sp³-hybridized carbons (Fsp3) is 0. The number of aromatic amines is 1. The molecule has 0 radical (unpaired) electrons. The molecule has 7 heteroatoms. The van der Waals surface area contributed by atoms with Gasteiger partial charge in [0.1, 0.15) is 0 Å². The molecular formula is C5H4ClN5O. The zero-order valence-electron chi connectivity index (χ0n) is 5.78. The van der Waals surface area contributed by atoms with Crippen LogP contribution in [0.15, 0.2) is 11.1 Å². The maximum absolute atomic E-state index is 11.1. The second kappa shape index (κ2) is 2.21. The Morgan fingerprint density at radius 1 is 1.67 bits per heavy atom. The van der Waals surface area contributed by atoms with E-state index in [4.69, 9.17) is 17.5 Å². The highest BCUT2D eigenvalue weighted by Gasteiger charge is 2.07. The Hall–Kier alpha value is -1.56. The van der Waals surface area contributed by atoms with Gasteiger partial charge in [0.25, 0.3) is 0 Å². The van der Waals surface area contributed by atoms with Gasteiger partial charge in [-0.05, 0) is 0 Å². The van der Waals surface area contributed by atoms with E-state index in [0.717, 1.165) is 4.09 Å². The Kier molecular flexibility index (Phi) is 1.31. The lowest BCUT2D eigenvalue weighted by Gasteiger charge is -1.97. The molecule has 0 spiro atoms. The molecule has 2 heterocycles. The summed E-state index contributed by atoms with van der Waals surface area (Å²) in [5.41, 5.74) is 5.39. The maximum Gasteiger partial charge on any atom is 0.300 e. The third kappa shape index (κ3) is 0.782. The number of halogens is 1. The summed E-state index contributed by atoms with van der Waals surface area (Å²) in [5, 5.41) is 0. The molecular weight excluding hydrogens is 182 g/mol. The van der Waals surface area contributed by atoms with E-state index in [1.807, 2.05) is 0 Å². The molecule has 0 aliphatic heterocycles. The summed E-state index contributed by atoms with van der Waals surface area (Å²) >= 11 is 5.65. The van der Waals surface area contributed by atoms with Crippen molar-refractivity contribution in [1.82, 2.24) is 19.0 Å². The number of rotatable bonds is 0. The third-order valence-corrected chi connectivity index (χ3v) is 1.77. The van der Waals surface area contributed by atoms with Gasteiger partial charge in [-0.15, -0.1) is 0 Å². The lowest BCUT2D eigenvalue weighted by atomic mass is 10.5. The second-order valence-electron chi connectivity index (χ2n) is 2.16. The minimum absolute atomic E-state index is 0.0683. The zero-order chi connectivity index (χ0) is 8.72. The number of anilines is 1. The van der Waals surface area contributed by atoms with Crippen LogP contribution in [0.1, 0.15) is 0 Å². The van der Waals surface area contributed by atoms with Crippen LogP contribution in [0.3, 0.4) is 0 Å². The van der Waals surface area contributed by atoms with Gasteiger partial charge in [-0.3, -0.25) is 4.79 Å². The SMILES string of the molecule is Nc1nc(=O)c2[nH]cnc2n1Cl. The summed E-state index contributed by atoms with van der Waals surface area (Å²) in [6.45, 7) is 0. The van der Waals surface area contributed by atoms with Crippen molar-refractivity contribution in [2.75, 3.05) is 5.73 Å². The van der Waals surface area contributed by atoms with Crippen LogP contribution in [0.2, 0.25) is 0 Å². The molecule has 0 bridgehead atoms. The molecule has 0 fully saturated rings. The van der Waals surface area contributed by atoms with Gasteiger partial charge < -0.3 is 10.7 Å². The van der Waals surface area contributed by atoms with E-state index in [9.17, 15) is 4.79 Å². The van der Waals surface area contributed by atoms with E-state index < -0.39 is 5.56 Å². The first kappa shape index (κ1) is 7.11. The Labute approximate surface area is 71.1 Å². The highest BCUT2D eigenvalue weighted by molar-refractivity contribution is 6.19. The molecule has 0 aliphatic carbocycles. The highest BCUT2D eigenvalue weighted by atomic mass is 35.5. The standard InChI is InChI=1S/C5H4ClN5O/c6-11-3-2(8-1-9-3)4(12)10-5(11)7/h1H,(H,8,9)(H2,7,10,12). The van der Waals surface area contributed by atoms with E-state index in [-0.39, 0.29) is 17.1 Å². The van der Waals surface area contributed by atoms with Crippen molar-refractivity contribution in [3.8, 4) is 0 Å². The number of imidazole rings is 1. The molecule has 2 rings (SSSR count). The van der Waals surface area contributed by atoms with Crippen molar-refractivity contribution in [3.63, 3.8) is 0 Å². The summed E-state index contributed by atoms with van der Waals surface area (Å²) in [6, 6.07) is 0. The summed E-state index contributed by atoms with van der Waals surface area (Å²) in [4.78, 5) is 20.9. The van der Waals surface area contributed by atoms with Gasteiger partial charge in [0.05, 0.1) is 6.33 Å². The number of H-pyrrole nitrogens is 1. The number of nitrogen functional groups attached to an aromatic ring is 1. The average molecular weight is 186 g/mol. The van der Waals surface area contributed by atoms with Crippen molar-refractivity contribution in [2.45, 2.75) is 0 Å². The first-order valence-electron chi connectivity index (χ1n) is 3.08. The van der Waals surface area contributed by atoms with Crippen LogP contribution in [-0.4, -0.2) is 19.0 Å². The lowest BCUT2D eigenvalue weighted by Crippen LogP contribution is -2.14. The summed E-state index contributed by atoms with van der Waals surface area (Å²) in [6.07, 6.45) is 1.35. The topological polar surface area (TPSA) is 89.6 Å². The van der Waals surface area contributed by atoms with E-state index >= 15 is 0 Å². The predicted molar refractivity (Wildman–Crippen MR) is 43.8 cm³/mol. The number of nitrogens with two attached hydrogens (primary N) is 1. The number of nitrogens with one attached hydrogen (secondary N) is 1. The number of hydrogen-bond donors (Lipinski definition) is 2. The first-order chi connectivity index (χ1) is 5.70. The lowest BCUT2D eigenvalue weighted by molar-refractivity contribution is 1.12. The number of aromatic nitrogens is 4. The van der Waals surface area contributed by atoms with Gasteiger partial charge in [-0.1, -0.05) is 0 Å². The van der Waals surface area contributed by atoms with E-state index in [1.54, 1.807) is 0 Å². The molecule has 0 unspecified atom stereocenters.